The van der Waals surface area contributed by atoms with Crippen LogP contribution in [0.2, 0.25) is 5.02 Å². The highest BCUT2D eigenvalue weighted by molar-refractivity contribution is 6.35. The zero-order chi connectivity index (χ0) is 19.3. The van der Waals surface area contributed by atoms with Crippen molar-refractivity contribution < 1.29 is 0 Å². The van der Waals surface area contributed by atoms with Crippen LogP contribution in [0.5, 0.6) is 0 Å². The molecule has 0 aliphatic rings. The van der Waals surface area contributed by atoms with Gasteiger partial charge in [-0.25, -0.2) is 14.6 Å². The highest BCUT2D eigenvalue weighted by Crippen LogP contribution is 2.32. The van der Waals surface area contributed by atoms with Gasteiger partial charge in [-0.1, -0.05) is 29.8 Å². The van der Waals surface area contributed by atoms with Gasteiger partial charge >= 0.3 is 0 Å². The predicted molar refractivity (Wildman–Crippen MR) is 106 cm³/mol. The van der Waals surface area contributed by atoms with Gasteiger partial charge in [-0.15, -0.1) is 0 Å². The van der Waals surface area contributed by atoms with Gasteiger partial charge in [-0.3, -0.25) is 5.10 Å². The van der Waals surface area contributed by atoms with E-state index in [0.29, 0.717) is 22.1 Å². The van der Waals surface area contributed by atoms with Gasteiger partial charge in [0.1, 0.15) is 11.8 Å². The summed E-state index contributed by atoms with van der Waals surface area (Å²) in [5.41, 5.74) is 8.63. The lowest BCUT2D eigenvalue weighted by Gasteiger charge is -2.10. The number of fused-ring (bicyclic) bond motifs is 2. The summed E-state index contributed by atoms with van der Waals surface area (Å²) in [5, 5.41) is 23.0. The standard InChI is InChI=1S/C19H11ClN8/c20-13-6-11(5-12-8-23-26-16(12)13)17-19(25-18(22)15(7-21)24-17)28-9-10-3-1-2-4-14(10)27-28/h1-6,8-9H,(H2,22,25)(H,23,26). The fraction of sp³-hybridized carbons (Fsp3) is 0. The summed E-state index contributed by atoms with van der Waals surface area (Å²) in [6, 6.07) is 13.3. The third-order valence-corrected chi connectivity index (χ3v) is 4.71. The first-order chi connectivity index (χ1) is 13.6. The molecule has 3 heterocycles. The van der Waals surface area contributed by atoms with Crippen LogP contribution in [0.3, 0.4) is 0 Å². The maximum atomic E-state index is 9.36. The third-order valence-electron chi connectivity index (χ3n) is 4.42. The van der Waals surface area contributed by atoms with E-state index in [9.17, 15) is 5.26 Å². The molecular weight excluding hydrogens is 376 g/mol. The van der Waals surface area contributed by atoms with Crippen LogP contribution >= 0.6 is 11.6 Å². The first-order valence-corrected chi connectivity index (χ1v) is 8.67. The number of nitriles is 1. The summed E-state index contributed by atoms with van der Waals surface area (Å²) in [4.78, 5) is 8.85. The van der Waals surface area contributed by atoms with Crippen LogP contribution in [0, 0.1) is 11.3 Å². The SMILES string of the molecule is N#Cc1nc(-c2cc(Cl)c3[nH]ncc3c2)c(-n2cc3ccccc3n2)nc1N. The number of nitrogens with zero attached hydrogens (tertiary/aromatic N) is 6. The van der Waals surface area contributed by atoms with Crippen molar-refractivity contribution in [2.24, 2.45) is 0 Å². The highest BCUT2D eigenvalue weighted by Gasteiger charge is 2.18. The summed E-state index contributed by atoms with van der Waals surface area (Å²) >= 11 is 6.39. The van der Waals surface area contributed by atoms with Crippen molar-refractivity contribution in [2.45, 2.75) is 0 Å². The van der Waals surface area contributed by atoms with Crippen LogP contribution in [-0.2, 0) is 0 Å². The Morgan fingerprint density at radius 1 is 1.14 bits per heavy atom. The molecule has 0 saturated carbocycles. The number of nitrogens with two attached hydrogens (primary N) is 1. The Kier molecular flexibility index (Phi) is 3.50. The maximum absolute atomic E-state index is 9.36. The van der Waals surface area contributed by atoms with Gasteiger partial charge in [0, 0.05) is 22.5 Å². The largest absolute Gasteiger partial charge is 0.381 e. The lowest BCUT2D eigenvalue weighted by Crippen LogP contribution is -2.08. The van der Waals surface area contributed by atoms with Gasteiger partial charge in [0.05, 0.1) is 22.3 Å². The van der Waals surface area contributed by atoms with Crippen LogP contribution in [0.15, 0.2) is 48.8 Å². The van der Waals surface area contributed by atoms with Crippen molar-refractivity contribution in [3.05, 3.63) is 59.5 Å². The van der Waals surface area contributed by atoms with Crippen molar-refractivity contribution in [3.8, 4) is 23.1 Å². The predicted octanol–water partition coefficient (Wildman–Crippen LogP) is 3.47. The number of nitrogens with one attached hydrogen (secondary N) is 1. The van der Waals surface area contributed by atoms with E-state index in [1.165, 1.54) is 0 Å². The quantitative estimate of drug-likeness (QED) is 0.479. The van der Waals surface area contributed by atoms with Crippen molar-refractivity contribution in [3.63, 3.8) is 0 Å². The Balaban J connectivity index is 1.81. The molecule has 0 fully saturated rings. The van der Waals surface area contributed by atoms with E-state index in [4.69, 9.17) is 17.3 Å². The van der Waals surface area contributed by atoms with Gasteiger partial charge in [-0.05, 0) is 18.2 Å². The molecule has 28 heavy (non-hydrogen) atoms. The van der Waals surface area contributed by atoms with Gasteiger partial charge in [0.25, 0.3) is 0 Å². The Labute approximate surface area is 163 Å². The molecule has 8 nitrogen and oxygen atoms in total. The van der Waals surface area contributed by atoms with Crippen molar-refractivity contribution in [1.29, 1.82) is 5.26 Å². The number of benzene rings is 2. The first-order valence-electron chi connectivity index (χ1n) is 8.29. The second-order valence-electron chi connectivity index (χ2n) is 6.17. The number of aromatic nitrogens is 6. The van der Waals surface area contributed by atoms with Crippen molar-refractivity contribution in [1.82, 2.24) is 29.9 Å². The van der Waals surface area contributed by atoms with Crippen molar-refractivity contribution >= 4 is 39.2 Å². The fourth-order valence-corrected chi connectivity index (χ4v) is 3.37. The molecule has 0 saturated heterocycles. The number of anilines is 1. The second-order valence-corrected chi connectivity index (χ2v) is 6.57. The summed E-state index contributed by atoms with van der Waals surface area (Å²) in [5.74, 6) is 0.447. The third kappa shape index (κ3) is 2.46. The molecule has 3 N–H and O–H groups in total. The van der Waals surface area contributed by atoms with Crippen LogP contribution in [0.25, 0.3) is 38.9 Å². The van der Waals surface area contributed by atoms with E-state index in [0.717, 1.165) is 21.8 Å². The number of hydrogen-bond acceptors (Lipinski definition) is 6. The molecule has 5 aromatic rings. The zero-order valence-corrected chi connectivity index (χ0v) is 15.0. The Morgan fingerprint density at radius 2 is 2.00 bits per heavy atom. The van der Waals surface area contributed by atoms with Crippen LogP contribution in [0.4, 0.5) is 5.82 Å². The number of nitrogen functional groups attached to an aromatic ring is 1. The number of aromatic amines is 1. The lowest BCUT2D eigenvalue weighted by molar-refractivity contribution is 0.854. The molecule has 0 spiro atoms. The van der Waals surface area contributed by atoms with E-state index in [1.54, 1.807) is 16.9 Å². The molecule has 134 valence electrons. The smallest absolute Gasteiger partial charge is 0.183 e. The molecule has 2 aromatic carbocycles. The second kappa shape index (κ2) is 6.04. The van der Waals surface area contributed by atoms with E-state index >= 15 is 0 Å². The summed E-state index contributed by atoms with van der Waals surface area (Å²) in [6.07, 6.45) is 3.51. The monoisotopic (exact) mass is 386 g/mol. The van der Waals surface area contributed by atoms with E-state index in [2.05, 4.69) is 25.3 Å². The molecule has 0 unspecified atom stereocenters. The number of hydrogen-bond donors (Lipinski definition) is 2. The lowest BCUT2D eigenvalue weighted by atomic mass is 10.1. The van der Waals surface area contributed by atoms with Gasteiger partial charge in [0.15, 0.2) is 17.3 Å². The molecule has 0 bridgehead atoms. The molecule has 3 aromatic heterocycles. The van der Waals surface area contributed by atoms with Gasteiger partial charge < -0.3 is 5.73 Å². The molecule has 0 amide bonds. The zero-order valence-electron chi connectivity index (χ0n) is 14.3. The minimum Gasteiger partial charge on any atom is -0.381 e. The molecule has 0 aliphatic carbocycles. The van der Waals surface area contributed by atoms with E-state index in [-0.39, 0.29) is 11.5 Å². The van der Waals surface area contributed by atoms with Gasteiger partial charge in [0.2, 0.25) is 0 Å². The Morgan fingerprint density at radius 3 is 2.82 bits per heavy atom. The van der Waals surface area contributed by atoms with E-state index in [1.807, 2.05) is 42.6 Å². The topological polar surface area (TPSA) is 122 Å². The highest BCUT2D eigenvalue weighted by atomic mass is 35.5. The van der Waals surface area contributed by atoms with Crippen LogP contribution < -0.4 is 5.73 Å². The minimum atomic E-state index is 0.0382. The van der Waals surface area contributed by atoms with Crippen LogP contribution in [-0.4, -0.2) is 29.9 Å². The number of halogens is 1. The maximum Gasteiger partial charge on any atom is 0.183 e. The summed E-state index contributed by atoms with van der Waals surface area (Å²) in [7, 11) is 0. The average Bonchev–Trinajstić information content (AvgIpc) is 3.34. The normalized spacial score (nSPS) is 11.1. The average molecular weight is 387 g/mol. The van der Waals surface area contributed by atoms with E-state index < -0.39 is 0 Å². The fourth-order valence-electron chi connectivity index (χ4n) is 3.10. The minimum absolute atomic E-state index is 0.0382. The molecule has 0 atom stereocenters. The molecule has 0 aliphatic heterocycles. The van der Waals surface area contributed by atoms with Crippen LogP contribution in [0.1, 0.15) is 5.69 Å². The Bertz CT molecular complexity index is 1380. The number of H-pyrrole nitrogens is 1. The van der Waals surface area contributed by atoms with Crippen molar-refractivity contribution in [2.75, 3.05) is 5.73 Å². The molecule has 0 radical (unpaired) electrons. The summed E-state index contributed by atoms with van der Waals surface area (Å²) < 4.78 is 1.61. The van der Waals surface area contributed by atoms with Gasteiger partial charge in [-0.2, -0.15) is 15.5 Å². The number of rotatable bonds is 2. The molecule has 5 rings (SSSR count). The molecule has 9 heteroatoms. The molecular formula is C19H11ClN8. The Hall–Kier alpha value is -3.96. The summed E-state index contributed by atoms with van der Waals surface area (Å²) in [6.45, 7) is 0. The first kappa shape index (κ1) is 16.2.